The number of hydrogen-bond acceptors (Lipinski definition) is 3. The zero-order chi connectivity index (χ0) is 7.68. The minimum atomic E-state index is 0.274. The van der Waals surface area contributed by atoms with E-state index in [2.05, 4.69) is 10.3 Å². The van der Waals surface area contributed by atoms with Crippen LogP contribution in [0.1, 0.15) is 19.3 Å². The zero-order valence-electron chi connectivity index (χ0n) is 6.26. The summed E-state index contributed by atoms with van der Waals surface area (Å²) >= 11 is 0. The van der Waals surface area contributed by atoms with E-state index in [0.717, 1.165) is 24.1 Å². The predicted octanol–water partition coefficient (Wildman–Crippen LogP) is 0.625. The average Bonchev–Trinajstić information content (AvgIpc) is 2.06. The van der Waals surface area contributed by atoms with Crippen LogP contribution in [0.3, 0.4) is 0 Å². The van der Waals surface area contributed by atoms with Crippen molar-refractivity contribution in [2.75, 3.05) is 6.54 Å². The van der Waals surface area contributed by atoms with Crippen LogP contribution in [0.25, 0.3) is 0 Å². The van der Waals surface area contributed by atoms with Gasteiger partial charge in [-0.05, 0) is 12.8 Å². The number of ketones is 1. The first-order valence-electron chi connectivity index (χ1n) is 3.88. The first kappa shape index (κ1) is 6.58. The quantitative estimate of drug-likeness (QED) is 0.550. The standard InChI is InChI=1S/C8H10N2O/c11-8-3-1-2-7-6(8)4-9-5-10-7/h5H,1-4H2,(H,9,10). The fourth-order valence-corrected chi connectivity index (χ4v) is 1.50. The van der Waals surface area contributed by atoms with Crippen molar-refractivity contribution in [1.29, 1.82) is 0 Å². The molecule has 0 aromatic carbocycles. The van der Waals surface area contributed by atoms with E-state index in [9.17, 15) is 4.79 Å². The number of Topliss-reactive ketones (excluding diaryl/α,β-unsaturated/α-hetero) is 1. The van der Waals surface area contributed by atoms with Gasteiger partial charge in [0.15, 0.2) is 5.78 Å². The van der Waals surface area contributed by atoms with Crippen LogP contribution in [0.2, 0.25) is 0 Å². The van der Waals surface area contributed by atoms with Crippen molar-refractivity contribution in [3.63, 3.8) is 0 Å². The van der Waals surface area contributed by atoms with Crippen LogP contribution in [0.5, 0.6) is 0 Å². The second kappa shape index (κ2) is 2.49. The maximum absolute atomic E-state index is 11.3. The van der Waals surface area contributed by atoms with Crippen LogP contribution in [0, 0.1) is 0 Å². The molecule has 0 bridgehead atoms. The highest BCUT2D eigenvalue weighted by Gasteiger charge is 2.20. The van der Waals surface area contributed by atoms with E-state index in [1.807, 2.05) is 0 Å². The molecule has 3 nitrogen and oxygen atoms in total. The second-order valence-corrected chi connectivity index (χ2v) is 2.85. The Balaban J connectivity index is 2.29. The van der Waals surface area contributed by atoms with Crippen molar-refractivity contribution in [1.82, 2.24) is 5.32 Å². The van der Waals surface area contributed by atoms with E-state index in [-0.39, 0.29) is 5.78 Å². The van der Waals surface area contributed by atoms with Crippen molar-refractivity contribution < 1.29 is 4.79 Å². The molecule has 3 heteroatoms. The maximum Gasteiger partial charge on any atom is 0.162 e. The third-order valence-electron chi connectivity index (χ3n) is 2.11. The number of rotatable bonds is 0. The number of nitrogens with one attached hydrogen (secondary N) is 1. The van der Waals surface area contributed by atoms with Crippen LogP contribution < -0.4 is 5.32 Å². The fourth-order valence-electron chi connectivity index (χ4n) is 1.50. The Hall–Kier alpha value is -1.12. The normalized spacial score (nSPS) is 23.1. The van der Waals surface area contributed by atoms with Crippen molar-refractivity contribution in [3.05, 3.63) is 11.3 Å². The SMILES string of the molecule is O=C1CCCC2=C1CN=CN2. The number of nitrogens with zero attached hydrogens (tertiary/aromatic N) is 1. The molecule has 0 radical (unpaired) electrons. The molecule has 58 valence electrons. The van der Waals surface area contributed by atoms with Gasteiger partial charge >= 0.3 is 0 Å². The third-order valence-corrected chi connectivity index (χ3v) is 2.11. The lowest BCUT2D eigenvalue weighted by atomic mass is 9.94. The van der Waals surface area contributed by atoms with Crippen LogP contribution in [0.4, 0.5) is 0 Å². The van der Waals surface area contributed by atoms with Gasteiger partial charge in [0, 0.05) is 17.7 Å². The van der Waals surface area contributed by atoms with Gasteiger partial charge in [-0.2, -0.15) is 0 Å². The van der Waals surface area contributed by atoms with Crippen LogP contribution in [-0.4, -0.2) is 18.7 Å². The largest absolute Gasteiger partial charge is 0.350 e. The number of hydrogen-bond donors (Lipinski definition) is 1. The summed E-state index contributed by atoms with van der Waals surface area (Å²) in [5, 5.41) is 3.02. The molecule has 1 N–H and O–H groups in total. The molecule has 11 heavy (non-hydrogen) atoms. The molecule has 0 aromatic heterocycles. The van der Waals surface area contributed by atoms with Gasteiger partial charge in [-0.15, -0.1) is 0 Å². The lowest BCUT2D eigenvalue weighted by molar-refractivity contribution is -0.116. The Morgan fingerprint density at radius 2 is 2.36 bits per heavy atom. The van der Waals surface area contributed by atoms with E-state index >= 15 is 0 Å². The minimum Gasteiger partial charge on any atom is -0.350 e. The Labute approximate surface area is 65.2 Å². The Bertz CT molecular complexity index is 253. The fraction of sp³-hybridized carbons (Fsp3) is 0.500. The third kappa shape index (κ3) is 1.06. The summed E-state index contributed by atoms with van der Waals surface area (Å²) in [7, 11) is 0. The van der Waals surface area contributed by atoms with E-state index in [0.29, 0.717) is 13.0 Å². The highest BCUT2D eigenvalue weighted by Crippen LogP contribution is 2.21. The molecular weight excluding hydrogens is 140 g/mol. The molecule has 0 saturated carbocycles. The van der Waals surface area contributed by atoms with Gasteiger partial charge in [0.1, 0.15) is 0 Å². The predicted molar refractivity (Wildman–Crippen MR) is 42.4 cm³/mol. The Morgan fingerprint density at radius 1 is 1.45 bits per heavy atom. The van der Waals surface area contributed by atoms with Crippen molar-refractivity contribution in [3.8, 4) is 0 Å². The molecule has 0 fully saturated rings. The minimum absolute atomic E-state index is 0.274. The second-order valence-electron chi connectivity index (χ2n) is 2.85. The number of carbonyl (C=O) groups is 1. The van der Waals surface area contributed by atoms with Gasteiger partial charge in [-0.1, -0.05) is 0 Å². The number of allylic oxidation sites excluding steroid dienone is 1. The molecule has 0 amide bonds. The van der Waals surface area contributed by atoms with E-state index in [4.69, 9.17) is 0 Å². The van der Waals surface area contributed by atoms with Gasteiger partial charge in [0.05, 0.1) is 12.9 Å². The zero-order valence-corrected chi connectivity index (χ0v) is 6.26. The van der Waals surface area contributed by atoms with Gasteiger partial charge in [0.2, 0.25) is 0 Å². The molecule has 0 aromatic rings. The van der Waals surface area contributed by atoms with Crippen LogP contribution >= 0.6 is 0 Å². The summed E-state index contributed by atoms with van der Waals surface area (Å²) in [6, 6.07) is 0. The molecule has 0 saturated heterocycles. The molecule has 0 spiro atoms. The molecule has 1 aliphatic carbocycles. The maximum atomic E-state index is 11.3. The molecule has 1 aliphatic heterocycles. The molecule has 1 heterocycles. The summed E-state index contributed by atoms with van der Waals surface area (Å²) in [5.74, 6) is 0.274. The van der Waals surface area contributed by atoms with E-state index < -0.39 is 0 Å². The van der Waals surface area contributed by atoms with Gasteiger partial charge < -0.3 is 5.32 Å². The smallest absolute Gasteiger partial charge is 0.162 e. The summed E-state index contributed by atoms with van der Waals surface area (Å²) < 4.78 is 0. The summed E-state index contributed by atoms with van der Waals surface area (Å²) in [6.45, 7) is 0.584. The van der Waals surface area contributed by atoms with Crippen molar-refractivity contribution in [2.24, 2.45) is 4.99 Å². The van der Waals surface area contributed by atoms with E-state index in [1.165, 1.54) is 0 Å². The monoisotopic (exact) mass is 150 g/mol. The van der Waals surface area contributed by atoms with Gasteiger partial charge in [0.25, 0.3) is 0 Å². The summed E-state index contributed by atoms with van der Waals surface area (Å²) in [6.07, 6.45) is 4.37. The van der Waals surface area contributed by atoms with Crippen LogP contribution in [-0.2, 0) is 4.79 Å². The Morgan fingerprint density at radius 3 is 3.18 bits per heavy atom. The highest BCUT2D eigenvalue weighted by atomic mass is 16.1. The molecule has 2 rings (SSSR count). The first-order valence-corrected chi connectivity index (χ1v) is 3.88. The number of aliphatic imine (C=N–C) groups is 1. The average molecular weight is 150 g/mol. The van der Waals surface area contributed by atoms with Crippen molar-refractivity contribution >= 4 is 12.1 Å². The van der Waals surface area contributed by atoms with Gasteiger partial charge in [-0.25, -0.2) is 0 Å². The first-order chi connectivity index (χ1) is 5.38. The highest BCUT2D eigenvalue weighted by molar-refractivity contribution is 5.98. The topological polar surface area (TPSA) is 41.5 Å². The lowest BCUT2D eigenvalue weighted by Gasteiger charge is -2.20. The molecule has 0 unspecified atom stereocenters. The summed E-state index contributed by atoms with van der Waals surface area (Å²) in [4.78, 5) is 15.3. The van der Waals surface area contributed by atoms with Gasteiger partial charge in [-0.3, -0.25) is 9.79 Å². The molecular formula is C8H10N2O. The van der Waals surface area contributed by atoms with E-state index in [1.54, 1.807) is 6.34 Å². The molecule has 2 aliphatic rings. The molecule has 0 atom stereocenters. The Kier molecular flexibility index (Phi) is 1.49. The lowest BCUT2D eigenvalue weighted by Crippen LogP contribution is -2.26. The van der Waals surface area contributed by atoms with Crippen molar-refractivity contribution in [2.45, 2.75) is 19.3 Å². The summed E-state index contributed by atoms with van der Waals surface area (Å²) in [5.41, 5.74) is 2.00. The van der Waals surface area contributed by atoms with Crippen LogP contribution in [0.15, 0.2) is 16.3 Å². The number of carbonyl (C=O) groups excluding carboxylic acids is 1.